The number of hydrogen-bond donors (Lipinski definition) is 0. The number of hydrogen-bond acceptors (Lipinski definition) is 3. The van der Waals surface area contributed by atoms with Gasteiger partial charge >= 0.3 is 0 Å². The molecule has 0 spiro atoms. The molecule has 1 saturated heterocycles. The smallest absolute Gasteiger partial charge is 0.239 e. The number of ether oxygens (including phenoxy) is 1. The third-order valence-corrected chi connectivity index (χ3v) is 3.16. The highest BCUT2D eigenvalue weighted by Crippen LogP contribution is 2.15. The maximum Gasteiger partial charge on any atom is 0.239 e. The first-order valence-corrected chi connectivity index (χ1v) is 6.45. The average Bonchev–Trinajstić information content (AvgIpc) is 2.36. The van der Waals surface area contributed by atoms with E-state index in [0.29, 0.717) is 13.0 Å². The molecule has 0 aromatic heterocycles. The minimum atomic E-state index is -0.492. The van der Waals surface area contributed by atoms with Gasteiger partial charge < -0.3 is 9.64 Å². The zero-order valence-electron chi connectivity index (χ0n) is 10.8. The summed E-state index contributed by atoms with van der Waals surface area (Å²) in [6.45, 7) is 3.39. The minimum Gasteiger partial charge on any atom is -0.376 e. The van der Waals surface area contributed by atoms with Gasteiger partial charge in [-0.15, -0.1) is 0 Å². The summed E-state index contributed by atoms with van der Waals surface area (Å²) in [5.41, 5.74) is 0. The lowest BCUT2D eigenvalue weighted by Crippen LogP contribution is -2.39. The van der Waals surface area contributed by atoms with E-state index >= 15 is 0 Å². The molecule has 96 valence electrons. The number of nitrogens with zero attached hydrogens (tertiary/aromatic N) is 2. The Hall–Kier alpha value is -1.08. The molecule has 1 aliphatic heterocycles. The van der Waals surface area contributed by atoms with Gasteiger partial charge in [0.05, 0.1) is 12.2 Å². The maximum absolute atomic E-state index is 12.0. The zero-order valence-corrected chi connectivity index (χ0v) is 10.8. The van der Waals surface area contributed by atoms with Crippen molar-refractivity contribution in [2.24, 2.45) is 5.92 Å². The van der Waals surface area contributed by atoms with Gasteiger partial charge in [0.15, 0.2) is 0 Å². The van der Waals surface area contributed by atoms with Crippen molar-refractivity contribution < 1.29 is 9.53 Å². The van der Waals surface area contributed by atoms with Crippen LogP contribution in [0.25, 0.3) is 0 Å². The highest BCUT2D eigenvalue weighted by Gasteiger charge is 2.24. The van der Waals surface area contributed by atoms with E-state index in [-0.39, 0.29) is 12.0 Å². The SMILES string of the molecule is CCCC(C#N)C(=O)N(C)CC1CCCCO1. The number of likely N-dealkylation sites (N-methyl/N-ethyl adjacent to an activating group) is 1. The van der Waals surface area contributed by atoms with Gasteiger partial charge in [-0.05, 0) is 25.7 Å². The molecule has 0 saturated carbocycles. The van der Waals surface area contributed by atoms with E-state index in [1.807, 2.05) is 6.92 Å². The summed E-state index contributed by atoms with van der Waals surface area (Å²) in [4.78, 5) is 13.6. The predicted molar refractivity (Wildman–Crippen MR) is 65.2 cm³/mol. The molecule has 4 heteroatoms. The topological polar surface area (TPSA) is 53.3 Å². The predicted octanol–water partition coefficient (Wildman–Crippen LogP) is 1.95. The third kappa shape index (κ3) is 4.35. The molecule has 1 heterocycles. The van der Waals surface area contributed by atoms with Gasteiger partial charge in [-0.2, -0.15) is 5.26 Å². The summed E-state index contributed by atoms with van der Waals surface area (Å²) in [5.74, 6) is -0.558. The van der Waals surface area contributed by atoms with Gasteiger partial charge in [0.1, 0.15) is 5.92 Å². The van der Waals surface area contributed by atoms with Gasteiger partial charge in [0, 0.05) is 20.2 Å². The van der Waals surface area contributed by atoms with Crippen LogP contribution in [0.2, 0.25) is 0 Å². The quantitative estimate of drug-likeness (QED) is 0.735. The Balaban J connectivity index is 2.42. The molecule has 0 radical (unpaired) electrons. The van der Waals surface area contributed by atoms with E-state index in [2.05, 4.69) is 6.07 Å². The molecule has 2 atom stereocenters. The van der Waals surface area contributed by atoms with Gasteiger partial charge in [0.25, 0.3) is 0 Å². The van der Waals surface area contributed by atoms with Crippen LogP contribution in [0.4, 0.5) is 0 Å². The zero-order chi connectivity index (χ0) is 12.7. The van der Waals surface area contributed by atoms with Crippen LogP contribution in [-0.2, 0) is 9.53 Å². The van der Waals surface area contributed by atoms with Gasteiger partial charge in [-0.3, -0.25) is 4.79 Å². The summed E-state index contributed by atoms with van der Waals surface area (Å²) in [6.07, 6.45) is 4.96. The number of carbonyl (C=O) groups excluding carboxylic acids is 1. The Morgan fingerprint density at radius 3 is 2.88 bits per heavy atom. The van der Waals surface area contributed by atoms with Crippen molar-refractivity contribution in [3.8, 4) is 6.07 Å². The third-order valence-electron chi connectivity index (χ3n) is 3.16. The highest BCUT2D eigenvalue weighted by atomic mass is 16.5. The van der Waals surface area contributed by atoms with Crippen LogP contribution in [0, 0.1) is 17.2 Å². The van der Waals surface area contributed by atoms with E-state index in [4.69, 9.17) is 10.00 Å². The first-order chi connectivity index (χ1) is 8.19. The first kappa shape index (κ1) is 14.0. The molecular formula is C13H22N2O2. The van der Waals surface area contributed by atoms with Crippen LogP contribution in [0.1, 0.15) is 39.0 Å². The van der Waals surface area contributed by atoms with Crippen molar-refractivity contribution >= 4 is 5.91 Å². The molecule has 1 amide bonds. The lowest BCUT2D eigenvalue weighted by molar-refractivity contribution is -0.135. The van der Waals surface area contributed by atoms with Crippen molar-refractivity contribution in [2.45, 2.75) is 45.1 Å². The molecule has 2 unspecified atom stereocenters. The second kappa shape index (κ2) is 7.29. The van der Waals surface area contributed by atoms with Crippen LogP contribution >= 0.6 is 0 Å². The van der Waals surface area contributed by atoms with Crippen LogP contribution in [0.3, 0.4) is 0 Å². The average molecular weight is 238 g/mol. The van der Waals surface area contributed by atoms with Crippen LogP contribution in [0.15, 0.2) is 0 Å². The van der Waals surface area contributed by atoms with Crippen molar-refractivity contribution in [3.63, 3.8) is 0 Å². The summed E-state index contributed by atoms with van der Waals surface area (Å²) >= 11 is 0. The van der Waals surface area contributed by atoms with Crippen molar-refractivity contribution in [3.05, 3.63) is 0 Å². The summed E-state index contributed by atoms with van der Waals surface area (Å²) in [7, 11) is 1.76. The first-order valence-electron chi connectivity index (χ1n) is 6.45. The highest BCUT2D eigenvalue weighted by molar-refractivity contribution is 5.80. The Kier molecular flexibility index (Phi) is 5.99. The second-order valence-electron chi connectivity index (χ2n) is 4.68. The van der Waals surface area contributed by atoms with E-state index in [1.54, 1.807) is 11.9 Å². The summed E-state index contributed by atoms with van der Waals surface area (Å²) < 4.78 is 5.60. The lowest BCUT2D eigenvalue weighted by Gasteiger charge is -2.28. The van der Waals surface area contributed by atoms with E-state index in [0.717, 1.165) is 25.9 Å². The number of amides is 1. The second-order valence-corrected chi connectivity index (χ2v) is 4.68. The fraction of sp³-hybridized carbons (Fsp3) is 0.846. The molecule has 0 aliphatic carbocycles. The molecule has 0 bridgehead atoms. The fourth-order valence-corrected chi connectivity index (χ4v) is 2.14. The monoisotopic (exact) mass is 238 g/mol. The molecular weight excluding hydrogens is 216 g/mol. The Morgan fingerprint density at radius 2 is 2.35 bits per heavy atom. The van der Waals surface area contributed by atoms with E-state index in [9.17, 15) is 4.79 Å². The number of nitriles is 1. The molecule has 4 nitrogen and oxygen atoms in total. The molecule has 0 aromatic rings. The Labute approximate surface area is 104 Å². The summed E-state index contributed by atoms with van der Waals surface area (Å²) in [6, 6.07) is 2.09. The maximum atomic E-state index is 12.0. The standard InChI is InChI=1S/C13H22N2O2/c1-3-6-11(9-14)13(16)15(2)10-12-7-4-5-8-17-12/h11-12H,3-8,10H2,1-2H3. The van der Waals surface area contributed by atoms with E-state index in [1.165, 1.54) is 6.42 Å². The Morgan fingerprint density at radius 1 is 1.59 bits per heavy atom. The largest absolute Gasteiger partial charge is 0.376 e. The van der Waals surface area contributed by atoms with Crippen molar-refractivity contribution in [1.29, 1.82) is 5.26 Å². The van der Waals surface area contributed by atoms with Gasteiger partial charge in [0.2, 0.25) is 5.91 Å². The number of carbonyl (C=O) groups is 1. The fourth-order valence-electron chi connectivity index (χ4n) is 2.14. The molecule has 1 fully saturated rings. The number of rotatable bonds is 5. The van der Waals surface area contributed by atoms with Crippen molar-refractivity contribution in [1.82, 2.24) is 4.90 Å². The minimum absolute atomic E-state index is 0.0662. The molecule has 0 aromatic carbocycles. The molecule has 1 aliphatic rings. The summed E-state index contributed by atoms with van der Waals surface area (Å²) in [5, 5.41) is 8.95. The molecule has 0 N–H and O–H groups in total. The van der Waals surface area contributed by atoms with Gasteiger partial charge in [-0.25, -0.2) is 0 Å². The van der Waals surface area contributed by atoms with Crippen LogP contribution in [0.5, 0.6) is 0 Å². The van der Waals surface area contributed by atoms with Gasteiger partial charge in [-0.1, -0.05) is 13.3 Å². The normalized spacial score (nSPS) is 21.6. The van der Waals surface area contributed by atoms with Crippen LogP contribution < -0.4 is 0 Å². The van der Waals surface area contributed by atoms with Crippen LogP contribution in [-0.4, -0.2) is 37.1 Å². The molecule has 17 heavy (non-hydrogen) atoms. The molecule has 1 rings (SSSR count). The Bertz CT molecular complexity index is 280. The van der Waals surface area contributed by atoms with Crippen molar-refractivity contribution in [2.75, 3.05) is 20.2 Å². The lowest BCUT2D eigenvalue weighted by atomic mass is 10.0. The van der Waals surface area contributed by atoms with E-state index < -0.39 is 5.92 Å².